The molecule has 23 heavy (non-hydrogen) atoms. The van der Waals surface area contributed by atoms with Crippen molar-refractivity contribution in [3.05, 3.63) is 47.1 Å². The first-order chi connectivity index (χ1) is 11.1. The quantitative estimate of drug-likeness (QED) is 0.800. The van der Waals surface area contributed by atoms with Crippen LogP contribution in [0.3, 0.4) is 0 Å². The van der Waals surface area contributed by atoms with Gasteiger partial charge in [0.1, 0.15) is 5.52 Å². The number of anilines is 1. The fourth-order valence-corrected chi connectivity index (χ4v) is 2.65. The van der Waals surface area contributed by atoms with Gasteiger partial charge in [0, 0.05) is 18.4 Å². The molecule has 0 aliphatic heterocycles. The van der Waals surface area contributed by atoms with Gasteiger partial charge in [0.25, 0.3) is 5.91 Å². The molecule has 0 saturated heterocycles. The molecule has 6 nitrogen and oxygen atoms in total. The summed E-state index contributed by atoms with van der Waals surface area (Å²) in [5, 5.41) is 3.29. The van der Waals surface area contributed by atoms with Crippen LogP contribution in [0.4, 0.5) is 5.69 Å². The predicted octanol–water partition coefficient (Wildman–Crippen LogP) is 3.38. The van der Waals surface area contributed by atoms with Gasteiger partial charge in [-0.25, -0.2) is 9.97 Å². The number of imidazole rings is 1. The highest BCUT2D eigenvalue weighted by molar-refractivity contribution is 6.30. The van der Waals surface area contributed by atoms with Gasteiger partial charge in [-0.2, -0.15) is 0 Å². The molecule has 0 unspecified atom stereocenters. The van der Waals surface area contributed by atoms with E-state index in [1.54, 1.807) is 30.9 Å². The fraction of sp³-hybridized carbons (Fsp3) is 0.250. The minimum atomic E-state index is -0.257. The van der Waals surface area contributed by atoms with E-state index in [1.165, 1.54) is 0 Å². The lowest BCUT2D eigenvalue weighted by Gasteiger charge is -2.08. The molecule has 0 spiro atoms. The first-order valence-corrected chi connectivity index (χ1v) is 7.76. The first-order valence-electron chi connectivity index (χ1n) is 7.38. The highest BCUT2D eigenvalue weighted by Gasteiger charge is 2.25. The van der Waals surface area contributed by atoms with Gasteiger partial charge in [0.15, 0.2) is 5.65 Å². The maximum Gasteiger partial charge on any atom is 0.257 e. The van der Waals surface area contributed by atoms with E-state index in [4.69, 9.17) is 11.6 Å². The normalized spacial score (nSPS) is 14.2. The highest BCUT2D eigenvalue weighted by Crippen LogP contribution is 2.36. The van der Waals surface area contributed by atoms with E-state index in [2.05, 4.69) is 24.8 Å². The van der Waals surface area contributed by atoms with E-state index < -0.39 is 0 Å². The molecule has 0 aromatic carbocycles. The van der Waals surface area contributed by atoms with Crippen LogP contribution in [-0.2, 0) is 0 Å². The smallest absolute Gasteiger partial charge is 0.257 e. The van der Waals surface area contributed by atoms with Gasteiger partial charge >= 0.3 is 0 Å². The zero-order chi connectivity index (χ0) is 16.0. The third-order valence-electron chi connectivity index (χ3n) is 3.92. The van der Waals surface area contributed by atoms with Crippen LogP contribution in [0.25, 0.3) is 11.2 Å². The van der Waals surface area contributed by atoms with E-state index in [-0.39, 0.29) is 5.91 Å². The molecule has 116 valence electrons. The Morgan fingerprint density at radius 2 is 2.09 bits per heavy atom. The van der Waals surface area contributed by atoms with Gasteiger partial charge < -0.3 is 9.88 Å². The summed E-state index contributed by atoms with van der Waals surface area (Å²) in [6, 6.07) is 3.94. The average molecular weight is 328 g/mol. The molecule has 1 amide bonds. The fourth-order valence-electron chi connectivity index (χ4n) is 2.49. The van der Waals surface area contributed by atoms with Crippen molar-refractivity contribution in [2.45, 2.75) is 25.8 Å². The molecule has 1 saturated carbocycles. The number of carbonyl (C=O) groups excluding carboxylic acids is 1. The Morgan fingerprint density at radius 1 is 1.26 bits per heavy atom. The second-order valence-electron chi connectivity index (χ2n) is 5.69. The summed E-state index contributed by atoms with van der Waals surface area (Å²) < 4.78 is 2.07. The standard InChI is InChI=1S/C16H14ClN5O/c1-9-13(5-11(17)7-18-9)21-16(23)10-4-14-15(19-6-10)22(8-20-14)12-2-3-12/h4-8,12H,2-3H2,1H3,(H,21,23). The molecule has 3 aromatic heterocycles. The number of carbonyl (C=O) groups is 1. The number of fused-ring (bicyclic) bond motifs is 1. The minimum Gasteiger partial charge on any atom is -0.320 e. The number of pyridine rings is 2. The van der Waals surface area contributed by atoms with Crippen LogP contribution in [0.2, 0.25) is 5.02 Å². The Kier molecular flexibility index (Phi) is 3.27. The maximum absolute atomic E-state index is 12.4. The molecule has 3 aromatic rings. The van der Waals surface area contributed by atoms with Crippen LogP contribution in [0.1, 0.15) is 34.9 Å². The number of halogens is 1. The molecule has 4 rings (SSSR count). The molecular weight excluding hydrogens is 314 g/mol. The molecule has 0 bridgehead atoms. The summed E-state index contributed by atoms with van der Waals surface area (Å²) in [7, 11) is 0. The Morgan fingerprint density at radius 3 is 2.87 bits per heavy atom. The number of rotatable bonds is 3. The van der Waals surface area contributed by atoms with Crippen molar-refractivity contribution < 1.29 is 4.79 Å². The molecule has 0 radical (unpaired) electrons. The Balaban J connectivity index is 1.63. The zero-order valence-electron chi connectivity index (χ0n) is 12.5. The lowest BCUT2D eigenvalue weighted by molar-refractivity contribution is 0.102. The van der Waals surface area contributed by atoms with Crippen molar-refractivity contribution in [3.8, 4) is 0 Å². The Bertz CT molecular complexity index is 916. The van der Waals surface area contributed by atoms with Gasteiger partial charge in [0.05, 0.1) is 28.3 Å². The van der Waals surface area contributed by atoms with Crippen LogP contribution in [0, 0.1) is 6.92 Å². The Hall–Kier alpha value is -2.47. The number of aromatic nitrogens is 4. The summed E-state index contributed by atoms with van der Waals surface area (Å²) in [4.78, 5) is 25.3. The second-order valence-corrected chi connectivity index (χ2v) is 6.13. The molecular formula is C16H14ClN5O. The topological polar surface area (TPSA) is 72.7 Å². The minimum absolute atomic E-state index is 0.257. The van der Waals surface area contributed by atoms with E-state index in [9.17, 15) is 4.79 Å². The summed E-state index contributed by atoms with van der Waals surface area (Å²) in [5.41, 5.74) is 3.30. The number of nitrogens with one attached hydrogen (secondary N) is 1. The van der Waals surface area contributed by atoms with Gasteiger partial charge in [-0.15, -0.1) is 0 Å². The van der Waals surface area contributed by atoms with E-state index in [0.29, 0.717) is 28.0 Å². The van der Waals surface area contributed by atoms with Crippen molar-refractivity contribution in [3.63, 3.8) is 0 Å². The lowest BCUT2D eigenvalue weighted by Crippen LogP contribution is -2.13. The van der Waals surface area contributed by atoms with Crippen LogP contribution < -0.4 is 5.32 Å². The van der Waals surface area contributed by atoms with Crippen LogP contribution in [-0.4, -0.2) is 25.4 Å². The summed E-state index contributed by atoms with van der Waals surface area (Å²) in [6.45, 7) is 1.81. The van der Waals surface area contributed by atoms with Crippen molar-refractivity contribution in [2.75, 3.05) is 5.32 Å². The predicted molar refractivity (Wildman–Crippen MR) is 87.7 cm³/mol. The third kappa shape index (κ3) is 2.66. The molecule has 1 fully saturated rings. The van der Waals surface area contributed by atoms with Crippen LogP contribution >= 0.6 is 11.6 Å². The maximum atomic E-state index is 12.4. The number of aryl methyl sites for hydroxylation is 1. The Labute approximate surface area is 137 Å². The highest BCUT2D eigenvalue weighted by atomic mass is 35.5. The third-order valence-corrected chi connectivity index (χ3v) is 4.12. The van der Waals surface area contributed by atoms with Crippen LogP contribution in [0.5, 0.6) is 0 Å². The summed E-state index contributed by atoms with van der Waals surface area (Å²) >= 11 is 5.92. The zero-order valence-corrected chi connectivity index (χ0v) is 13.2. The van der Waals surface area contributed by atoms with E-state index in [1.807, 2.05) is 6.92 Å². The van der Waals surface area contributed by atoms with E-state index in [0.717, 1.165) is 24.0 Å². The monoisotopic (exact) mass is 327 g/mol. The number of hydrogen-bond donors (Lipinski definition) is 1. The number of amides is 1. The van der Waals surface area contributed by atoms with Gasteiger partial charge in [-0.05, 0) is 31.9 Å². The van der Waals surface area contributed by atoms with Crippen molar-refractivity contribution in [2.24, 2.45) is 0 Å². The summed E-state index contributed by atoms with van der Waals surface area (Å²) in [5.74, 6) is -0.257. The number of nitrogens with zero attached hydrogens (tertiary/aromatic N) is 4. The first kappa shape index (κ1) is 14.1. The van der Waals surface area contributed by atoms with Crippen molar-refractivity contribution in [1.82, 2.24) is 19.5 Å². The summed E-state index contributed by atoms with van der Waals surface area (Å²) in [6.07, 6.45) is 7.24. The van der Waals surface area contributed by atoms with Gasteiger partial charge in [-0.3, -0.25) is 9.78 Å². The van der Waals surface area contributed by atoms with Crippen molar-refractivity contribution >= 4 is 34.4 Å². The van der Waals surface area contributed by atoms with E-state index >= 15 is 0 Å². The van der Waals surface area contributed by atoms with Crippen LogP contribution in [0.15, 0.2) is 30.9 Å². The average Bonchev–Trinajstić information content (AvgIpc) is 3.30. The molecule has 3 heterocycles. The van der Waals surface area contributed by atoms with Crippen molar-refractivity contribution in [1.29, 1.82) is 0 Å². The second kappa shape index (κ2) is 5.31. The molecule has 7 heteroatoms. The van der Waals surface area contributed by atoms with Gasteiger partial charge in [-0.1, -0.05) is 11.6 Å². The molecule has 1 aliphatic rings. The lowest BCUT2D eigenvalue weighted by atomic mass is 10.2. The van der Waals surface area contributed by atoms with Gasteiger partial charge in [0.2, 0.25) is 0 Å². The molecule has 0 atom stereocenters. The molecule has 1 N–H and O–H groups in total. The largest absolute Gasteiger partial charge is 0.320 e. The molecule has 1 aliphatic carbocycles. The SMILES string of the molecule is Cc1ncc(Cl)cc1NC(=O)c1cnc2c(c1)ncn2C1CC1. The number of hydrogen-bond acceptors (Lipinski definition) is 4.